The average Bonchev–Trinajstić information content (AvgIpc) is 3.18. The Labute approximate surface area is 180 Å². The van der Waals surface area contributed by atoms with E-state index in [0.29, 0.717) is 12.8 Å². The Bertz CT molecular complexity index is 616. The molecule has 0 spiro atoms. The molecular weight excluding hydrogens is 415 g/mol. The van der Waals surface area contributed by atoms with Crippen LogP contribution in [0.25, 0.3) is 0 Å². The minimum Gasteiger partial charge on any atom is -0.756 e. The van der Waals surface area contributed by atoms with Crippen molar-refractivity contribution in [3.8, 4) is 0 Å². The zero-order valence-corrected chi connectivity index (χ0v) is 18.5. The van der Waals surface area contributed by atoms with Crippen LogP contribution < -0.4 is 10.4 Å². The molecule has 2 saturated heterocycles. The molecule has 2 fully saturated rings. The van der Waals surface area contributed by atoms with Crippen LogP contribution in [0.15, 0.2) is 0 Å². The van der Waals surface area contributed by atoms with Crippen molar-refractivity contribution < 1.29 is 42.3 Å². The van der Waals surface area contributed by atoms with Crippen LogP contribution in [0, 0.1) is 0 Å². The fourth-order valence-corrected chi connectivity index (χ4v) is 4.62. The van der Waals surface area contributed by atoms with Crippen LogP contribution >= 0.6 is 7.82 Å². The van der Waals surface area contributed by atoms with Gasteiger partial charge in [0.05, 0.1) is 13.2 Å². The molecule has 0 saturated carbocycles. The zero-order valence-electron chi connectivity index (χ0n) is 17.6. The number of hydrogen-bond acceptors (Lipinski definition) is 10. The number of ketones is 1. The largest absolute Gasteiger partial charge is 0.756 e. The topological polar surface area (TPSA) is 125 Å². The molecule has 2 heterocycles. The maximum Gasteiger partial charge on any atom is 0.268 e. The second-order valence-corrected chi connectivity index (χ2v) is 8.75. The summed E-state index contributed by atoms with van der Waals surface area (Å²) in [5.41, 5.74) is 0.909. The third-order valence-electron chi connectivity index (χ3n) is 5.07. The van der Waals surface area contributed by atoms with Gasteiger partial charge in [-0.1, -0.05) is 13.3 Å². The number of rotatable bonds is 13. The molecular formula is C17H29B2NO9P-. The minimum atomic E-state index is -4.85. The second-order valence-electron chi connectivity index (χ2n) is 7.39. The van der Waals surface area contributed by atoms with E-state index in [2.05, 4.69) is 5.48 Å². The summed E-state index contributed by atoms with van der Waals surface area (Å²) in [7, 11) is 9.69. The molecule has 30 heavy (non-hydrogen) atoms. The Morgan fingerprint density at radius 3 is 2.70 bits per heavy atom. The van der Waals surface area contributed by atoms with E-state index in [1.165, 1.54) is 7.11 Å². The molecule has 0 aromatic heterocycles. The highest BCUT2D eigenvalue weighted by atomic mass is 31.2. The highest BCUT2D eigenvalue weighted by Crippen LogP contribution is 2.47. The predicted octanol–water partition coefficient (Wildman–Crippen LogP) is -0.281. The monoisotopic (exact) mass is 444 g/mol. The van der Waals surface area contributed by atoms with Gasteiger partial charge in [0.2, 0.25) is 0 Å². The molecule has 2 aliphatic heterocycles. The highest BCUT2D eigenvalue weighted by molar-refractivity contribution is 7.45. The molecule has 3 unspecified atom stereocenters. The molecule has 0 bridgehead atoms. The fraction of sp³-hybridized carbons (Fsp3) is 0.941. The number of phosphoric ester groups is 1. The lowest BCUT2D eigenvalue weighted by atomic mass is 9.88. The quantitative estimate of drug-likeness (QED) is 0.231. The highest BCUT2D eigenvalue weighted by Gasteiger charge is 2.54. The number of phosphoric acid groups is 1. The molecule has 10 nitrogen and oxygen atoms in total. The average molecular weight is 444 g/mol. The van der Waals surface area contributed by atoms with Gasteiger partial charge in [-0.2, -0.15) is 0 Å². The van der Waals surface area contributed by atoms with Crippen LogP contribution in [0.2, 0.25) is 0 Å². The van der Waals surface area contributed by atoms with Crippen molar-refractivity contribution >= 4 is 29.3 Å². The molecule has 2 aliphatic rings. The van der Waals surface area contributed by atoms with Gasteiger partial charge in [0, 0.05) is 32.6 Å². The molecule has 2 rings (SSSR count). The molecule has 4 radical (unpaired) electrons. The lowest BCUT2D eigenvalue weighted by molar-refractivity contribution is -0.237. The lowest BCUT2D eigenvalue weighted by Crippen LogP contribution is -2.52. The summed E-state index contributed by atoms with van der Waals surface area (Å²) < 4.78 is 39.0. The van der Waals surface area contributed by atoms with Gasteiger partial charge in [0.1, 0.15) is 34.0 Å². The van der Waals surface area contributed by atoms with Crippen LogP contribution in [-0.4, -0.2) is 84.8 Å². The Morgan fingerprint density at radius 1 is 1.33 bits per heavy atom. The summed E-state index contributed by atoms with van der Waals surface area (Å²) >= 11 is 0. The van der Waals surface area contributed by atoms with Crippen molar-refractivity contribution in [1.82, 2.24) is 5.48 Å². The van der Waals surface area contributed by atoms with Crippen LogP contribution in [0.5, 0.6) is 0 Å². The summed E-state index contributed by atoms with van der Waals surface area (Å²) in [6.45, 7) is 1.39. The van der Waals surface area contributed by atoms with Crippen LogP contribution in [0.3, 0.4) is 0 Å². The number of Topliss-reactive ketones (excluding diaryl/α,β-unsaturated/α-hetero) is 1. The molecule has 1 N–H and O–H groups in total. The fourth-order valence-electron chi connectivity index (χ4n) is 3.66. The Morgan fingerprint density at radius 2 is 2.07 bits per heavy atom. The smallest absolute Gasteiger partial charge is 0.268 e. The van der Waals surface area contributed by atoms with Crippen LogP contribution in [0.4, 0.5) is 0 Å². The zero-order chi connectivity index (χ0) is 22.4. The maximum absolute atomic E-state index is 12.8. The standard InChI is InChI=1S/C17H30B2NO9P/c1-4-5-6-13(21)17(10-24-3)14(8-16(19)27-17)29-30(22,23)25-9-12-11(28-20-2)7-15(18)26-12/h11-12,14-16,20H,4-10H2,1-3H3,(H,22,23)/p-1/t11?,12-,14?,15-,16-,17+/m1/s1. The first-order valence-corrected chi connectivity index (χ1v) is 11.5. The van der Waals surface area contributed by atoms with Crippen molar-refractivity contribution in [2.24, 2.45) is 0 Å². The Hall–Kier alpha value is -0.290. The first kappa shape index (κ1) is 26.0. The van der Waals surface area contributed by atoms with E-state index < -0.39 is 43.7 Å². The van der Waals surface area contributed by atoms with Crippen molar-refractivity contribution in [2.45, 2.75) is 74.9 Å². The second kappa shape index (κ2) is 11.5. The van der Waals surface area contributed by atoms with E-state index in [1.54, 1.807) is 7.05 Å². The van der Waals surface area contributed by atoms with Crippen molar-refractivity contribution in [1.29, 1.82) is 0 Å². The number of ether oxygens (including phenoxy) is 3. The van der Waals surface area contributed by atoms with E-state index in [0.717, 1.165) is 6.42 Å². The number of carbonyl (C=O) groups excluding carboxylic acids is 1. The van der Waals surface area contributed by atoms with E-state index in [-0.39, 0.29) is 31.8 Å². The van der Waals surface area contributed by atoms with Gasteiger partial charge in [0.15, 0.2) is 11.4 Å². The van der Waals surface area contributed by atoms with E-state index >= 15 is 0 Å². The van der Waals surface area contributed by atoms with Gasteiger partial charge < -0.3 is 28.2 Å². The molecule has 0 aromatic rings. The van der Waals surface area contributed by atoms with E-state index in [9.17, 15) is 14.3 Å². The summed E-state index contributed by atoms with van der Waals surface area (Å²) in [5, 5.41) is 0. The van der Waals surface area contributed by atoms with Crippen LogP contribution in [0.1, 0.15) is 39.0 Å². The molecule has 13 heteroatoms. The molecule has 7 atom stereocenters. The normalized spacial score (nSPS) is 36.1. The minimum absolute atomic E-state index is 0.00684. The number of hydrogen-bond donors (Lipinski definition) is 1. The molecule has 0 amide bonds. The number of carbonyl (C=O) groups is 1. The van der Waals surface area contributed by atoms with Gasteiger partial charge in [0.25, 0.3) is 7.82 Å². The van der Waals surface area contributed by atoms with Gasteiger partial charge >= 0.3 is 0 Å². The number of nitrogens with one attached hydrogen (secondary N) is 1. The van der Waals surface area contributed by atoms with Crippen LogP contribution in [-0.2, 0) is 37.5 Å². The summed E-state index contributed by atoms with van der Waals surface area (Å²) in [5.74, 6) is -0.322. The predicted molar refractivity (Wildman–Crippen MR) is 106 cm³/mol. The molecule has 0 aliphatic carbocycles. The summed E-state index contributed by atoms with van der Waals surface area (Å²) in [6, 6.07) is -1.48. The first-order valence-electron chi connectivity index (χ1n) is 10.0. The number of methoxy groups -OCH3 is 1. The van der Waals surface area contributed by atoms with Crippen molar-refractivity contribution in [3.05, 3.63) is 0 Å². The van der Waals surface area contributed by atoms with Gasteiger partial charge in [-0.05, 0) is 19.3 Å². The Balaban J connectivity index is 2.06. The third-order valence-corrected chi connectivity index (χ3v) is 6.05. The van der Waals surface area contributed by atoms with E-state index in [1.807, 2.05) is 6.92 Å². The molecule has 0 aromatic carbocycles. The van der Waals surface area contributed by atoms with Gasteiger partial charge in [-0.15, -0.1) is 0 Å². The first-order chi connectivity index (χ1) is 14.2. The Kier molecular flexibility index (Phi) is 9.99. The number of hydroxylamine groups is 1. The van der Waals surface area contributed by atoms with Crippen molar-refractivity contribution in [2.75, 3.05) is 27.4 Å². The van der Waals surface area contributed by atoms with Crippen molar-refractivity contribution in [3.63, 3.8) is 0 Å². The summed E-state index contributed by atoms with van der Waals surface area (Å²) in [6.07, 6.45) is -0.418. The van der Waals surface area contributed by atoms with E-state index in [4.69, 9.17) is 43.8 Å². The SMILES string of the molecule is [B][C@H]1CC(ONC)[C@@H](COP(=O)([O-])OC2C[C@H]([B])O[C@@]2(COC)C(=O)CCCC)O1. The summed E-state index contributed by atoms with van der Waals surface area (Å²) in [4.78, 5) is 30.6. The molecule has 168 valence electrons. The number of unbranched alkanes of at least 4 members (excludes halogenated alkanes) is 1. The third kappa shape index (κ3) is 6.60. The van der Waals surface area contributed by atoms with Gasteiger partial charge in [-0.3, -0.25) is 14.2 Å². The lowest BCUT2D eigenvalue weighted by Gasteiger charge is -2.36. The maximum atomic E-state index is 12.8. The van der Waals surface area contributed by atoms with Gasteiger partial charge in [-0.25, -0.2) is 5.48 Å².